The van der Waals surface area contributed by atoms with E-state index in [2.05, 4.69) is 48.1 Å². The second kappa shape index (κ2) is 10.4. The predicted molar refractivity (Wildman–Crippen MR) is 140 cm³/mol. The summed E-state index contributed by atoms with van der Waals surface area (Å²) in [6, 6.07) is 16.1. The van der Waals surface area contributed by atoms with Gasteiger partial charge in [-0.2, -0.15) is 15.0 Å². The van der Waals surface area contributed by atoms with Crippen molar-refractivity contribution in [3.05, 3.63) is 54.1 Å². The molecule has 0 bridgehead atoms. The Kier molecular flexibility index (Phi) is 7.15. The van der Waals surface area contributed by atoms with E-state index >= 15 is 0 Å². The van der Waals surface area contributed by atoms with E-state index in [9.17, 15) is 0 Å². The lowest BCUT2D eigenvalue weighted by Gasteiger charge is -2.25. The Balaban J connectivity index is 1.78. The quantitative estimate of drug-likeness (QED) is 0.310. The smallest absolute Gasteiger partial charge is 0.233 e. The highest BCUT2D eigenvalue weighted by Crippen LogP contribution is 2.30. The molecule has 0 radical (unpaired) electrons. The Morgan fingerprint density at radius 2 is 1.71 bits per heavy atom. The van der Waals surface area contributed by atoms with E-state index in [1.807, 2.05) is 48.3 Å². The van der Waals surface area contributed by atoms with Gasteiger partial charge in [-0.05, 0) is 61.7 Å². The number of rotatable bonds is 10. The molecule has 2 aromatic carbocycles. The number of nitrogens with one attached hydrogen (secondary N) is 2. The van der Waals surface area contributed by atoms with Crippen LogP contribution in [0.25, 0.3) is 11.2 Å². The van der Waals surface area contributed by atoms with E-state index < -0.39 is 0 Å². The number of imidazole rings is 1. The maximum absolute atomic E-state index is 5.30. The fraction of sp³-hybridized carbons (Fsp3) is 0.346. The maximum Gasteiger partial charge on any atom is 0.233 e. The topological polar surface area (TPSA) is 82.2 Å². The summed E-state index contributed by atoms with van der Waals surface area (Å²) in [5.74, 6) is 2.92. The molecule has 0 saturated heterocycles. The molecule has 8 nitrogen and oxygen atoms in total. The van der Waals surface area contributed by atoms with Crippen molar-refractivity contribution in [3.63, 3.8) is 0 Å². The van der Waals surface area contributed by atoms with Crippen molar-refractivity contribution in [2.24, 2.45) is 0 Å². The number of H-pyrrole nitrogens is 1. The van der Waals surface area contributed by atoms with Crippen LogP contribution in [0.1, 0.15) is 32.3 Å². The molecule has 4 rings (SSSR count). The summed E-state index contributed by atoms with van der Waals surface area (Å²) < 4.78 is 5.30. The molecule has 0 unspecified atom stereocenters. The van der Waals surface area contributed by atoms with Crippen molar-refractivity contribution in [1.82, 2.24) is 19.9 Å². The first-order valence-electron chi connectivity index (χ1n) is 11.8. The van der Waals surface area contributed by atoms with Crippen LogP contribution in [0.3, 0.4) is 0 Å². The summed E-state index contributed by atoms with van der Waals surface area (Å²) in [5, 5.41) is 3.38. The van der Waals surface area contributed by atoms with E-state index in [1.54, 1.807) is 7.11 Å². The first-order chi connectivity index (χ1) is 16.5. The summed E-state index contributed by atoms with van der Waals surface area (Å²) in [6.45, 7) is 8.25. The van der Waals surface area contributed by atoms with Crippen LogP contribution in [-0.4, -0.2) is 47.2 Å². The zero-order valence-electron chi connectivity index (χ0n) is 20.6. The fourth-order valence-corrected chi connectivity index (χ4v) is 3.95. The molecule has 8 heteroatoms. The molecule has 0 aliphatic rings. The molecule has 0 fully saturated rings. The maximum atomic E-state index is 5.30. The molecule has 0 amide bonds. The number of ether oxygens (including phenoxy) is 1. The van der Waals surface area contributed by atoms with Crippen LogP contribution in [0, 0.1) is 6.92 Å². The minimum atomic E-state index is 0.596. The first-order valence-corrected chi connectivity index (χ1v) is 11.8. The Morgan fingerprint density at radius 3 is 2.35 bits per heavy atom. The summed E-state index contributed by atoms with van der Waals surface area (Å²) in [6.07, 6.45) is 2.05. The molecular weight excluding hydrogens is 426 g/mol. The number of nitrogens with zero attached hydrogens (tertiary/aromatic N) is 5. The molecule has 0 saturated carbocycles. The molecule has 2 heterocycles. The van der Waals surface area contributed by atoms with E-state index in [0.29, 0.717) is 17.5 Å². The van der Waals surface area contributed by atoms with Crippen molar-refractivity contribution < 1.29 is 4.74 Å². The van der Waals surface area contributed by atoms with Gasteiger partial charge in [0.1, 0.15) is 11.3 Å². The minimum Gasteiger partial charge on any atom is -0.497 e. The molecule has 0 aliphatic heterocycles. The zero-order valence-corrected chi connectivity index (χ0v) is 20.6. The van der Waals surface area contributed by atoms with E-state index in [1.165, 1.54) is 5.56 Å². The minimum absolute atomic E-state index is 0.596. The van der Waals surface area contributed by atoms with Gasteiger partial charge in [0.25, 0.3) is 0 Å². The highest BCUT2D eigenvalue weighted by Gasteiger charge is 2.20. The largest absolute Gasteiger partial charge is 0.497 e. The van der Waals surface area contributed by atoms with Crippen molar-refractivity contribution in [1.29, 1.82) is 0 Å². The number of hydrogen-bond donors (Lipinski definition) is 2. The van der Waals surface area contributed by atoms with Gasteiger partial charge in [0.2, 0.25) is 11.9 Å². The normalized spacial score (nSPS) is 11.0. The third kappa shape index (κ3) is 5.06. The van der Waals surface area contributed by atoms with Crippen LogP contribution in [0.2, 0.25) is 0 Å². The number of aryl methyl sites for hydroxylation is 1. The number of fused-ring (bicyclic) bond motifs is 1. The number of aromatic nitrogens is 4. The third-order valence-electron chi connectivity index (χ3n) is 5.65. The number of benzene rings is 2. The van der Waals surface area contributed by atoms with Gasteiger partial charge in [0.05, 0.1) is 7.11 Å². The second-order valence-electron chi connectivity index (χ2n) is 8.37. The standard InChI is InChI=1S/C26H33N7O/c1-6-15-33(16-7-2)24-22-23(29-25(28-22)27-19-10-8-9-18(3)17-19)30-26(31-24)32(4)20-11-13-21(34-5)14-12-20/h8-14,17H,6-7,15-16H2,1-5H3,(H2,27,28,29,30,31). The molecule has 2 N–H and O–H groups in total. The van der Waals surface area contributed by atoms with Gasteiger partial charge in [0.15, 0.2) is 11.5 Å². The van der Waals surface area contributed by atoms with Gasteiger partial charge in [-0.25, -0.2) is 0 Å². The SMILES string of the molecule is CCCN(CCC)c1nc(N(C)c2ccc(OC)cc2)nc2nc(Nc3cccc(C)c3)[nH]c12. The summed E-state index contributed by atoms with van der Waals surface area (Å²) in [7, 11) is 3.63. The molecule has 4 aromatic rings. The van der Waals surface area contributed by atoms with Crippen molar-refractivity contribution in [2.75, 3.05) is 42.4 Å². The lowest BCUT2D eigenvalue weighted by Crippen LogP contribution is -2.27. The number of anilines is 5. The Morgan fingerprint density at radius 1 is 0.971 bits per heavy atom. The number of hydrogen-bond acceptors (Lipinski definition) is 7. The third-order valence-corrected chi connectivity index (χ3v) is 5.65. The van der Waals surface area contributed by atoms with Crippen molar-refractivity contribution in [3.8, 4) is 5.75 Å². The van der Waals surface area contributed by atoms with Gasteiger partial charge in [-0.1, -0.05) is 26.0 Å². The highest BCUT2D eigenvalue weighted by molar-refractivity contribution is 5.87. The van der Waals surface area contributed by atoms with Crippen LogP contribution < -0.4 is 19.9 Å². The first kappa shape index (κ1) is 23.4. The van der Waals surface area contributed by atoms with Crippen LogP contribution in [-0.2, 0) is 0 Å². The summed E-state index contributed by atoms with van der Waals surface area (Å²) in [4.78, 5) is 22.3. The van der Waals surface area contributed by atoms with Crippen molar-refractivity contribution >= 4 is 40.3 Å². The highest BCUT2D eigenvalue weighted by atomic mass is 16.5. The molecule has 178 valence electrons. The average Bonchev–Trinajstić information content (AvgIpc) is 3.25. The van der Waals surface area contributed by atoms with Gasteiger partial charge in [-0.15, -0.1) is 0 Å². The van der Waals surface area contributed by atoms with Gasteiger partial charge >= 0.3 is 0 Å². The molecule has 2 aromatic heterocycles. The average molecular weight is 460 g/mol. The lowest BCUT2D eigenvalue weighted by molar-refractivity contribution is 0.415. The van der Waals surface area contributed by atoms with Gasteiger partial charge < -0.3 is 24.8 Å². The molecule has 34 heavy (non-hydrogen) atoms. The molecule has 0 atom stereocenters. The Hall–Kier alpha value is -3.81. The van der Waals surface area contributed by atoms with Crippen LogP contribution in [0.5, 0.6) is 5.75 Å². The van der Waals surface area contributed by atoms with Gasteiger partial charge in [-0.3, -0.25) is 0 Å². The van der Waals surface area contributed by atoms with Crippen LogP contribution in [0.15, 0.2) is 48.5 Å². The van der Waals surface area contributed by atoms with E-state index in [0.717, 1.165) is 54.4 Å². The number of methoxy groups -OCH3 is 1. The fourth-order valence-electron chi connectivity index (χ4n) is 3.95. The lowest BCUT2D eigenvalue weighted by atomic mass is 10.2. The van der Waals surface area contributed by atoms with Crippen LogP contribution in [0.4, 0.5) is 29.1 Å². The van der Waals surface area contributed by atoms with Crippen LogP contribution >= 0.6 is 0 Å². The van der Waals surface area contributed by atoms with E-state index in [-0.39, 0.29) is 0 Å². The van der Waals surface area contributed by atoms with Crippen molar-refractivity contribution in [2.45, 2.75) is 33.6 Å². The number of aromatic amines is 1. The second-order valence-corrected chi connectivity index (χ2v) is 8.37. The molecule has 0 aliphatic carbocycles. The summed E-state index contributed by atoms with van der Waals surface area (Å²) in [5.41, 5.74) is 4.60. The van der Waals surface area contributed by atoms with Gasteiger partial charge in [0, 0.05) is 31.5 Å². The molecular formula is C26H33N7O. The predicted octanol–water partition coefficient (Wildman–Crippen LogP) is 5.81. The molecule has 0 spiro atoms. The van der Waals surface area contributed by atoms with E-state index in [4.69, 9.17) is 19.7 Å². The Bertz CT molecular complexity index is 1230. The Labute approximate surface area is 201 Å². The monoisotopic (exact) mass is 459 g/mol. The summed E-state index contributed by atoms with van der Waals surface area (Å²) >= 11 is 0. The zero-order chi connectivity index (χ0) is 24.1.